The van der Waals surface area contributed by atoms with Gasteiger partial charge in [0.05, 0.1) is 0 Å². The number of rotatable bonds is 3. The molecule has 3 rings (SSSR count). The van der Waals surface area contributed by atoms with Crippen molar-refractivity contribution in [2.75, 3.05) is 5.32 Å². The van der Waals surface area contributed by atoms with Crippen LogP contribution in [0.25, 0.3) is 0 Å². The van der Waals surface area contributed by atoms with Crippen molar-refractivity contribution in [2.24, 2.45) is 0 Å². The number of anilines is 1. The molecule has 0 spiro atoms. The molecule has 23 heavy (non-hydrogen) atoms. The van der Waals surface area contributed by atoms with Gasteiger partial charge in [-0.15, -0.1) is 0 Å². The van der Waals surface area contributed by atoms with Crippen LogP contribution in [0.3, 0.4) is 0 Å². The van der Waals surface area contributed by atoms with Gasteiger partial charge in [0.25, 0.3) is 11.8 Å². The van der Waals surface area contributed by atoms with Crippen molar-refractivity contribution < 1.29 is 14.4 Å². The summed E-state index contributed by atoms with van der Waals surface area (Å²) in [4.78, 5) is 38.9. The van der Waals surface area contributed by atoms with Crippen LogP contribution in [-0.2, 0) is 9.59 Å². The lowest BCUT2D eigenvalue weighted by molar-refractivity contribution is -0.137. The minimum atomic E-state index is -1.51. The Morgan fingerprint density at radius 1 is 1.17 bits per heavy atom. The smallest absolute Gasteiger partial charge is 0.324 e. The minimum absolute atomic E-state index is 0.0678. The zero-order valence-corrected chi connectivity index (χ0v) is 13.2. The van der Waals surface area contributed by atoms with Crippen molar-refractivity contribution in [3.63, 3.8) is 0 Å². The lowest BCUT2D eigenvalue weighted by Gasteiger charge is -2.38. The second-order valence-corrected chi connectivity index (χ2v) is 6.31. The van der Waals surface area contributed by atoms with Gasteiger partial charge in [-0.05, 0) is 31.9 Å². The third kappa shape index (κ3) is 2.69. The molecule has 6 heteroatoms. The highest BCUT2D eigenvalue weighted by molar-refractivity contribution is 6.22. The fourth-order valence-electron chi connectivity index (χ4n) is 3.45. The Kier molecular flexibility index (Phi) is 4.07. The average molecular weight is 315 g/mol. The molecular formula is C17H21N3O3. The van der Waals surface area contributed by atoms with E-state index in [1.54, 1.807) is 24.3 Å². The molecule has 1 aliphatic carbocycles. The van der Waals surface area contributed by atoms with E-state index in [1.165, 1.54) is 11.8 Å². The summed E-state index contributed by atoms with van der Waals surface area (Å²) in [7, 11) is 0. The van der Waals surface area contributed by atoms with Gasteiger partial charge in [0.15, 0.2) is 0 Å². The summed E-state index contributed by atoms with van der Waals surface area (Å²) in [6.45, 7) is 1.53. The van der Waals surface area contributed by atoms with Crippen LogP contribution in [0.1, 0.15) is 39.0 Å². The predicted octanol–water partition coefficient (Wildman–Crippen LogP) is 2.27. The number of urea groups is 1. The molecule has 1 aromatic rings. The SMILES string of the molecule is CC1(C(=O)Nc2ccccc2)C(=O)NC(=O)N1C1CCCCC1. The third-order valence-electron chi connectivity index (χ3n) is 4.78. The maximum absolute atomic E-state index is 12.8. The molecule has 2 fully saturated rings. The number of nitrogens with zero attached hydrogens (tertiary/aromatic N) is 1. The molecular weight excluding hydrogens is 294 g/mol. The summed E-state index contributed by atoms with van der Waals surface area (Å²) in [6, 6.07) is 8.42. The first kappa shape index (κ1) is 15.5. The van der Waals surface area contributed by atoms with Crippen molar-refractivity contribution in [3.8, 4) is 0 Å². The van der Waals surface area contributed by atoms with Crippen molar-refractivity contribution >= 4 is 23.5 Å². The first-order valence-corrected chi connectivity index (χ1v) is 8.04. The number of hydrogen-bond acceptors (Lipinski definition) is 3. The summed E-state index contributed by atoms with van der Waals surface area (Å²) >= 11 is 0. The number of hydrogen-bond donors (Lipinski definition) is 2. The highest BCUT2D eigenvalue weighted by Gasteiger charge is 2.57. The number of nitrogens with one attached hydrogen (secondary N) is 2. The van der Waals surface area contributed by atoms with Crippen LogP contribution in [0.15, 0.2) is 30.3 Å². The van der Waals surface area contributed by atoms with Gasteiger partial charge in [0.2, 0.25) is 5.54 Å². The molecule has 0 aromatic heterocycles. The van der Waals surface area contributed by atoms with Crippen molar-refractivity contribution in [1.82, 2.24) is 10.2 Å². The van der Waals surface area contributed by atoms with E-state index in [2.05, 4.69) is 10.6 Å². The molecule has 2 N–H and O–H groups in total. The summed E-state index contributed by atoms with van der Waals surface area (Å²) in [5.74, 6) is -1.03. The Bertz CT molecular complexity index is 625. The van der Waals surface area contributed by atoms with Crippen molar-refractivity contribution in [2.45, 2.75) is 50.6 Å². The second-order valence-electron chi connectivity index (χ2n) is 6.31. The van der Waals surface area contributed by atoms with E-state index < -0.39 is 23.4 Å². The van der Waals surface area contributed by atoms with E-state index in [-0.39, 0.29) is 6.04 Å². The Hall–Kier alpha value is -2.37. The quantitative estimate of drug-likeness (QED) is 0.663. The fourth-order valence-corrected chi connectivity index (χ4v) is 3.45. The first-order valence-electron chi connectivity index (χ1n) is 8.04. The second kappa shape index (κ2) is 6.02. The van der Waals surface area contributed by atoms with Crippen LogP contribution >= 0.6 is 0 Å². The van der Waals surface area contributed by atoms with Crippen LogP contribution in [0, 0.1) is 0 Å². The highest BCUT2D eigenvalue weighted by Crippen LogP contribution is 2.32. The topological polar surface area (TPSA) is 78.5 Å². The minimum Gasteiger partial charge on any atom is -0.324 e. The largest absolute Gasteiger partial charge is 0.325 e. The molecule has 1 atom stereocenters. The molecule has 1 saturated carbocycles. The van der Waals surface area contributed by atoms with E-state index >= 15 is 0 Å². The van der Waals surface area contributed by atoms with Gasteiger partial charge in [-0.25, -0.2) is 4.79 Å². The zero-order valence-electron chi connectivity index (χ0n) is 13.2. The summed E-state index contributed by atoms with van der Waals surface area (Å²) in [6.07, 6.45) is 4.81. The van der Waals surface area contributed by atoms with Crippen LogP contribution < -0.4 is 10.6 Å². The number of benzene rings is 1. The molecule has 1 aromatic carbocycles. The summed E-state index contributed by atoms with van der Waals surface area (Å²) < 4.78 is 0. The highest BCUT2D eigenvalue weighted by atomic mass is 16.2. The lowest BCUT2D eigenvalue weighted by atomic mass is 9.89. The molecule has 1 heterocycles. The van der Waals surface area contributed by atoms with E-state index in [1.807, 2.05) is 6.07 Å². The molecule has 1 aliphatic heterocycles. The molecule has 122 valence electrons. The first-order chi connectivity index (χ1) is 11.0. The van der Waals surface area contributed by atoms with Crippen molar-refractivity contribution in [1.29, 1.82) is 0 Å². The third-order valence-corrected chi connectivity index (χ3v) is 4.78. The molecule has 0 bridgehead atoms. The molecule has 1 saturated heterocycles. The molecule has 4 amide bonds. The molecule has 2 aliphatic rings. The Morgan fingerprint density at radius 2 is 1.83 bits per heavy atom. The lowest BCUT2D eigenvalue weighted by Crippen LogP contribution is -2.59. The van der Waals surface area contributed by atoms with Gasteiger partial charge in [-0.2, -0.15) is 0 Å². The van der Waals surface area contributed by atoms with Crippen LogP contribution in [-0.4, -0.2) is 34.3 Å². The number of imide groups is 1. The molecule has 1 unspecified atom stereocenters. The summed E-state index contributed by atoms with van der Waals surface area (Å²) in [5, 5.41) is 5.06. The normalized spacial score (nSPS) is 25.3. The van der Waals surface area contributed by atoms with Crippen molar-refractivity contribution in [3.05, 3.63) is 30.3 Å². The van der Waals surface area contributed by atoms with Gasteiger partial charge >= 0.3 is 6.03 Å². The maximum Gasteiger partial charge on any atom is 0.325 e. The number of amides is 4. The predicted molar refractivity (Wildman–Crippen MR) is 85.7 cm³/mol. The standard InChI is InChI=1S/C17H21N3O3/c1-17(14(21)18-12-8-4-2-5-9-12)15(22)19-16(23)20(17)13-10-6-3-7-11-13/h2,4-5,8-9,13H,3,6-7,10-11H2,1H3,(H,18,21)(H,19,22,23). The Morgan fingerprint density at radius 3 is 2.48 bits per heavy atom. The van der Waals surface area contributed by atoms with Gasteiger partial charge in [-0.3, -0.25) is 19.8 Å². The molecule has 0 radical (unpaired) electrons. The monoisotopic (exact) mass is 315 g/mol. The van der Waals surface area contributed by atoms with Crippen LogP contribution in [0.5, 0.6) is 0 Å². The Labute approximate surface area is 135 Å². The van der Waals surface area contributed by atoms with Crippen LogP contribution in [0.4, 0.5) is 10.5 Å². The number of carbonyl (C=O) groups is 3. The zero-order chi connectivity index (χ0) is 16.4. The fraction of sp³-hybridized carbons (Fsp3) is 0.471. The van der Waals surface area contributed by atoms with Gasteiger partial charge < -0.3 is 5.32 Å². The number of carbonyl (C=O) groups excluding carboxylic acids is 3. The van der Waals surface area contributed by atoms with E-state index in [9.17, 15) is 14.4 Å². The van der Waals surface area contributed by atoms with E-state index in [0.29, 0.717) is 5.69 Å². The van der Waals surface area contributed by atoms with E-state index in [0.717, 1.165) is 32.1 Å². The Balaban J connectivity index is 1.87. The van der Waals surface area contributed by atoms with Crippen LogP contribution in [0.2, 0.25) is 0 Å². The average Bonchev–Trinajstić information content (AvgIpc) is 2.79. The van der Waals surface area contributed by atoms with Gasteiger partial charge in [0, 0.05) is 11.7 Å². The van der Waals surface area contributed by atoms with Gasteiger partial charge in [-0.1, -0.05) is 37.5 Å². The van der Waals surface area contributed by atoms with Gasteiger partial charge in [0.1, 0.15) is 0 Å². The van der Waals surface area contributed by atoms with E-state index in [4.69, 9.17) is 0 Å². The maximum atomic E-state index is 12.8. The molecule has 6 nitrogen and oxygen atoms in total. The number of para-hydroxylation sites is 1. The summed E-state index contributed by atoms with van der Waals surface area (Å²) in [5.41, 5.74) is -0.899.